The van der Waals surface area contributed by atoms with Crippen LogP contribution in [0.2, 0.25) is 0 Å². The molecule has 0 fully saturated rings. The fourth-order valence-electron chi connectivity index (χ4n) is 3.53. The fraction of sp³-hybridized carbons (Fsp3) is 0.250. The topological polar surface area (TPSA) is 133 Å². The van der Waals surface area contributed by atoms with Crippen molar-refractivity contribution in [1.82, 2.24) is 0 Å². The van der Waals surface area contributed by atoms with Gasteiger partial charge in [-0.15, -0.1) is 0 Å². The van der Waals surface area contributed by atoms with E-state index in [4.69, 9.17) is 9.47 Å². The Hall–Kier alpha value is -2.92. The van der Waals surface area contributed by atoms with Crippen molar-refractivity contribution < 1.29 is 35.4 Å². The van der Waals surface area contributed by atoms with E-state index in [1.165, 1.54) is 12.1 Å². The highest BCUT2D eigenvalue weighted by atomic mass is 32.2. The minimum Gasteiger partial charge on any atom is -0.744 e. The summed E-state index contributed by atoms with van der Waals surface area (Å²) in [6, 6.07) is 15.8. The molecule has 0 aliphatic heterocycles. The van der Waals surface area contributed by atoms with Crippen molar-refractivity contribution in [3.63, 3.8) is 0 Å². The van der Waals surface area contributed by atoms with E-state index in [9.17, 15) is 25.9 Å². The lowest BCUT2D eigenvalue weighted by Crippen LogP contribution is -2.10. The van der Waals surface area contributed by atoms with E-state index in [2.05, 4.69) is 0 Å². The summed E-state index contributed by atoms with van der Waals surface area (Å²) in [5.41, 5.74) is 2.39. The van der Waals surface area contributed by atoms with Gasteiger partial charge in [-0.3, -0.25) is 0 Å². The van der Waals surface area contributed by atoms with Crippen LogP contribution in [0.4, 0.5) is 0 Å². The zero-order valence-corrected chi connectivity index (χ0v) is 20.3. The first-order valence-corrected chi connectivity index (χ1v) is 13.2. The lowest BCUT2D eigenvalue weighted by atomic mass is 10.1. The monoisotopic (exact) mass is 504 g/mol. The maximum Gasteiger partial charge on any atom is 0.161 e. The normalized spacial score (nSPS) is 11.9. The maximum absolute atomic E-state index is 11.5. The average molecular weight is 505 g/mol. The zero-order valence-electron chi connectivity index (χ0n) is 18.7. The molecule has 0 atom stereocenters. The number of rotatable bonds is 10. The molecule has 3 aromatic rings. The highest BCUT2D eigenvalue weighted by Crippen LogP contribution is 2.28. The molecule has 0 unspecified atom stereocenters. The first-order valence-electron chi connectivity index (χ1n) is 10.4. The average Bonchev–Trinajstić information content (AvgIpc) is 2.73. The highest BCUT2D eigenvalue weighted by molar-refractivity contribution is 7.86. The molecular weight excluding hydrogens is 480 g/mol. The van der Waals surface area contributed by atoms with Gasteiger partial charge in [0.2, 0.25) is 0 Å². The molecule has 8 nitrogen and oxygen atoms in total. The summed E-state index contributed by atoms with van der Waals surface area (Å²) in [5.74, 6) is 0.810. The number of benzene rings is 3. The van der Waals surface area contributed by atoms with Crippen LogP contribution in [0.1, 0.15) is 22.3 Å². The predicted octanol–water partition coefficient (Wildman–Crippen LogP) is 3.35. The van der Waals surface area contributed by atoms with Gasteiger partial charge in [-0.25, -0.2) is 16.8 Å². The molecule has 0 bridgehead atoms. The van der Waals surface area contributed by atoms with Gasteiger partial charge >= 0.3 is 0 Å². The molecular formula is C24H24O8S2-2. The van der Waals surface area contributed by atoms with E-state index in [1.54, 1.807) is 62.4 Å². The molecule has 182 valence electrons. The second-order valence-electron chi connectivity index (χ2n) is 7.77. The van der Waals surface area contributed by atoms with Gasteiger partial charge in [-0.2, -0.15) is 0 Å². The minimum absolute atomic E-state index is 0.100. The van der Waals surface area contributed by atoms with Crippen LogP contribution >= 0.6 is 0 Å². The summed E-state index contributed by atoms with van der Waals surface area (Å²) in [7, 11) is -9.21. The molecule has 0 aliphatic carbocycles. The van der Waals surface area contributed by atoms with E-state index < -0.39 is 20.2 Å². The second-order valence-corrected chi connectivity index (χ2v) is 10.5. The largest absolute Gasteiger partial charge is 0.744 e. The van der Waals surface area contributed by atoms with Crippen LogP contribution in [0, 0.1) is 13.8 Å². The van der Waals surface area contributed by atoms with Crippen LogP contribution in [0.3, 0.4) is 0 Å². The number of hydrogen-bond acceptors (Lipinski definition) is 8. The number of para-hydroxylation sites is 2. The molecule has 0 aliphatic rings. The van der Waals surface area contributed by atoms with Gasteiger partial charge in [-0.1, -0.05) is 47.5 Å². The summed E-state index contributed by atoms with van der Waals surface area (Å²) in [6.07, 6.45) is 0.391. The van der Waals surface area contributed by atoms with Crippen LogP contribution in [0.5, 0.6) is 11.5 Å². The molecule has 34 heavy (non-hydrogen) atoms. The molecule has 0 saturated carbocycles. The molecule has 0 amide bonds. The smallest absolute Gasteiger partial charge is 0.161 e. The second kappa shape index (κ2) is 10.6. The van der Waals surface area contributed by atoms with Gasteiger partial charge < -0.3 is 18.6 Å². The molecule has 10 heteroatoms. The van der Waals surface area contributed by atoms with Crippen molar-refractivity contribution in [1.29, 1.82) is 0 Å². The summed E-state index contributed by atoms with van der Waals surface area (Å²) in [4.78, 5) is -0.540. The van der Waals surface area contributed by atoms with E-state index in [0.29, 0.717) is 22.6 Å². The fourth-order valence-corrected chi connectivity index (χ4v) is 4.96. The van der Waals surface area contributed by atoms with Crippen molar-refractivity contribution in [2.75, 3.05) is 13.2 Å². The summed E-state index contributed by atoms with van der Waals surface area (Å²) in [6.45, 7) is 3.80. The molecule has 3 aromatic carbocycles. The number of aryl methyl sites for hydroxylation is 2. The summed E-state index contributed by atoms with van der Waals surface area (Å²) in [5, 5.41) is 0. The Kier molecular flexibility index (Phi) is 7.98. The van der Waals surface area contributed by atoms with Crippen molar-refractivity contribution in [3.05, 3.63) is 82.9 Å². The Labute approximate surface area is 199 Å². The minimum atomic E-state index is -4.60. The number of ether oxygens (including phenoxy) is 2. The van der Waals surface area contributed by atoms with E-state index in [1.807, 2.05) is 0 Å². The first kappa shape index (κ1) is 25.7. The molecule has 0 aromatic heterocycles. The van der Waals surface area contributed by atoms with Gasteiger partial charge in [0.25, 0.3) is 0 Å². The molecule has 3 rings (SSSR count). The Morgan fingerprint density at radius 3 is 1.38 bits per heavy atom. The van der Waals surface area contributed by atoms with Gasteiger partial charge in [0, 0.05) is 12.8 Å². The van der Waals surface area contributed by atoms with Crippen LogP contribution in [-0.2, 0) is 33.1 Å². The third kappa shape index (κ3) is 6.80. The quantitative estimate of drug-likeness (QED) is 0.384. The van der Waals surface area contributed by atoms with Gasteiger partial charge in [0.15, 0.2) is 11.5 Å². The lowest BCUT2D eigenvalue weighted by Gasteiger charge is -2.16. The van der Waals surface area contributed by atoms with Crippen molar-refractivity contribution in [3.8, 4) is 11.5 Å². The van der Waals surface area contributed by atoms with Gasteiger partial charge in [-0.05, 0) is 49.2 Å². The van der Waals surface area contributed by atoms with Crippen molar-refractivity contribution in [2.24, 2.45) is 0 Å². The van der Waals surface area contributed by atoms with Crippen LogP contribution < -0.4 is 9.47 Å². The Bertz CT molecular complexity index is 1270. The van der Waals surface area contributed by atoms with E-state index in [-0.39, 0.29) is 35.8 Å². The standard InChI is InChI=1S/C24H26O8S2/c1-17-7-9-23(33(25,26)27)19(15-17)11-13-31-21-5-3-4-6-22(21)32-14-12-20-16-18(2)8-10-24(20)34(28,29)30/h3-10,15-16H,11-14H2,1-2H3,(H,25,26,27)(H,28,29,30)/p-2. The number of hydrogen-bond donors (Lipinski definition) is 0. The SMILES string of the molecule is Cc1ccc(S(=O)(=O)[O-])c(CCOc2ccccc2OCCc2cc(C)ccc2S(=O)(=O)[O-])c1. The van der Waals surface area contributed by atoms with Crippen LogP contribution in [0.15, 0.2) is 70.5 Å². The maximum atomic E-state index is 11.5. The molecule has 0 saturated heterocycles. The third-order valence-corrected chi connectivity index (χ3v) is 6.95. The Balaban J connectivity index is 1.67. The predicted molar refractivity (Wildman–Crippen MR) is 123 cm³/mol. The van der Waals surface area contributed by atoms with Crippen molar-refractivity contribution in [2.45, 2.75) is 36.5 Å². The summed E-state index contributed by atoms with van der Waals surface area (Å²) < 4.78 is 80.7. The first-order chi connectivity index (χ1) is 15.9. The summed E-state index contributed by atoms with van der Waals surface area (Å²) >= 11 is 0. The van der Waals surface area contributed by atoms with Crippen LogP contribution in [-0.4, -0.2) is 39.2 Å². The molecule has 0 spiro atoms. The highest BCUT2D eigenvalue weighted by Gasteiger charge is 2.12. The third-order valence-electron chi connectivity index (χ3n) is 5.08. The zero-order chi connectivity index (χ0) is 24.9. The molecule has 0 heterocycles. The molecule has 0 radical (unpaired) electrons. The van der Waals surface area contributed by atoms with Crippen molar-refractivity contribution >= 4 is 20.2 Å². The van der Waals surface area contributed by atoms with E-state index in [0.717, 1.165) is 11.1 Å². The molecule has 0 N–H and O–H groups in total. The lowest BCUT2D eigenvalue weighted by molar-refractivity contribution is 0.271. The van der Waals surface area contributed by atoms with Gasteiger partial charge in [0.1, 0.15) is 20.2 Å². The Morgan fingerprint density at radius 1 is 0.647 bits per heavy atom. The van der Waals surface area contributed by atoms with Gasteiger partial charge in [0.05, 0.1) is 23.0 Å². The van der Waals surface area contributed by atoms with E-state index >= 15 is 0 Å². The van der Waals surface area contributed by atoms with Crippen LogP contribution in [0.25, 0.3) is 0 Å². The Morgan fingerprint density at radius 2 is 1.03 bits per heavy atom.